The first-order valence-corrected chi connectivity index (χ1v) is 11.7. The van der Waals surface area contributed by atoms with Crippen molar-refractivity contribution >= 4 is 28.5 Å². The van der Waals surface area contributed by atoms with E-state index in [-0.39, 0.29) is 35.0 Å². The van der Waals surface area contributed by atoms with Gasteiger partial charge in [0.1, 0.15) is 17.3 Å². The molecule has 176 valence electrons. The largest absolute Gasteiger partial charge is 0.493 e. The lowest BCUT2D eigenvalue weighted by Gasteiger charge is -2.14. The molecule has 0 atom stereocenters. The van der Waals surface area contributed by atoms with E-state index >= 15 is 0 Å². The summed E-state index contributed by atoms with van der Waals surface area (Å²) in [5.74, 6) is -1.05. The van der Waals surface area contributed by atoms with Crippen LogP contribution >= 0.6 is 11.6 Å². The molecule has 4 heterocycles. The van der Waals surface area contributed by atoms with Crippen molar-refractivity contribution in [2.45, 2.75) is 44.1 Å². The van der Waals surface area contributed by atoms with Gasteiger partial charge in [-0.25, -0.2) is 19.2 Å². The van der Waals surface area contributed by atoms with Gasteiger partial charge in [-0.1, -0.05) is 11.6 Å². The molecule has 0 aromatic carbocycles. The van der Waals surface area contributed by atoms with Crippen molar-refractivity contribution in [2.75, 3.05) is 0 Å². The lowest BCUT2D eigenvalue weighted by Crippen LogP contribution is -2.13. The molecule has 4 aromatic heterocycles. The molecule has 1 N–H and O–H groups in total. The Kier molecular flexibility index (Phi) is 5.29. The lowest BCUT2D eigenvalue weighted by molar-refractivity contribution is 0.0460. The van der Waals surface area contributed by atoms with E-state index in [1.807, 2.05) is 0 Å². The van der Waals surface area contributed by atoms with Crippen LogP contribution in [0.2, 0.25) is 5.15 Å². The smallest absolute Gasteiger partial charge is 0.341 e. The molecule has 2 aliphatic carbocycles. The van der Waals surface area contributed by atoms with Gasteiger partial charge in [0.2, 0.25) is 5.88 Å². The quantitative estimate of drug-likeness (QED) is 0.293. The number of carbonyl (C=O) groups excluding carboxylic acids is 1. The Morgan fingerprint density at radius 1 is 1.11 bits per heavy atom. The fourth-order valence-electron chi connectivity index (χ4n) is 4.34. The monoisotopic (exact) mass is 491 g/mol. The highest BCUT2D eigenvalue weighted by Crippen LogP contribution is 2.46. The van der Waals surface area contributed by atoms with Crippen LogP contribution in [0, 0.1) is 5.82 Å². The summed E-state index contributed by atoms with van der Waals surface area (Å²) in [5.41, 5.74) is 2.84. The highest BCUT2D eigenvalue weighted by molar-refractivity contribution is 6.29. The van der Waals surface area contributed by atoms with Gasteiger partial charge in [0.15, 0.2) is 11.6 Å². The molecular weight excluding hydrogens is 473 g/mol. The Bertz CT molecular complexity index is 1490. The highest BCUT2D eigenvalue weighted by Gasteiger charge is 2.33. The molecule has 0 aliphatic heterocycles. The van der Waals surface area contributed by atoms with Gasteiger partial charge in [0.25, 0.3) is 0 Å². The third kappa shape index (κ3) is 4.16. The van der Waals surface area contributed by atoms with E-state index in [9.17, 15) is 14.3 Å². The van der Waals surface area contributed by atoms with E-state index in [2.05, 4.69) is 24.9 Å². The summed E-state index contributed by atoms with van der Waals surface area (Å²) in [6.45, 7) is -0.159. The number of fused-ring (bicyclic) bond motifs is 1. The van der Waals surface area contributed by atoms with E-state index in [4.69, 9.17) is 16.3 Å². The van der Waals surface area contributed by atoms with E-state index in [0.717, 1.165) is 37.4 Å². The van der Waals surface area contributed by atoms with Crippen LogP contribution < -0.4 is 0 Å². The molecule has 2 fully saturated rings. The first-order chi connectivity index (χ1) is 17.0. The van der Waals surface area contributed by atoms with E-state index in [1.165, 1.54) is 18.6 Å². The zero-order chi connectivity index (χ0) is 24.1. The molecule has 0 unspecified atom stereocenters. The van der Waals surface area contributed by atoms with Crippen molar-refractivity contribution in [3.63, 3.8) is 0 Å². The van der Waals surface area contributed by atoms with Gasteiger partial charge in [-0.05, 0) is 60.8 Å². The molecule has 6 rings (SSSR count). The number of aromatic nitrogens is 5. The van der Waals surface area contributed by atoms with Crippen LogP contribution in [0.15, 0.2) is 36.9 Å². The molecule has 0 bridgehead atoms. The van der Waals surface area contributed by atoms with Crippen LogP contribution in [0.4, 0.5) is 4.39 Å². The zero-order valence-electron chi connectivity index (χ0n) is 18.4. The Balaban J connectivity index is 1.34. The van der Waals surface area contributed by atoms with E-state index in [1.54, 1.807) is 12.1 Å². The SMILES string of the molecule is O=C(OCc1ncc2nc(-c3ccnc(Cl)c3)nc(O)c2c1C1CC1)c1c(F)cncc1C1CC1. The number of carbonyl (C=O) groups is 1. The zero-order valence-corrected chi connectivity index (χ0v) is 19.2. The maximum absolute atomic E-state index is 14.5. The first kappa shape index (κ1) is 21.8. The van der Waals surface area contributed by atoms with Crippen LogP contribution in [0.25, 0.3) is 22.3 Å². The summed E-state index contributed by atoms with van der Waals surface area (Å²) < 4.78 is 20.0. The second kappa shape index (κ2) is 8.49. The molecule has 0 amide bonds. The molecule has 35 heavy (non-hydrogen) atoms. The number of rotatable bonds is 6. The minimum absolute atomic E-state index is 0.0666. The molecule has 0 saturated heterocycles. The minimum atomic E-state index is -0.749. The summed E-state index contributed by atoms with van der Waals surface area (Å²) in [6.07, 6.45) is 9.22. The standard InChI is InChI=1S/C25H19ClFN5O3/c26-19-7-14(5-6-29-19)23-31-17-10-30-18(20(13-3-4-13)22(17)24(33)32-23)11-35-25(34)21-15(12-1-2-12)8-28-9-16(21)27/h5-10,12-13H,1-4,11H2,(H,31,32,33). The van der Waals surface area contributed by atoms with Gasteiger partial charge in [-0.3, -0.25) is 9.97 Å². The number of halogens is 2. The second-order valence-corrected chi connectivity index (χ2v) is 9.21. The summed E-state index contributed by atoms with van der Waals surface area (Å²) in [6, 6.07) is 3.31. The van der Waals surface area contributed by atoms with Crippen molar-refractivity contribution in [1.82, 2.24) is 24.9 Å². The molecule has 0 radical (unpaired) electrons. The second-order valence-electron chi connectivity index (χ2n) is 8.83. The van der Waals surface area contributed by atoms with E-state index < -0.39 is 11.8 Å². The van der Waals surface area contributed by atoms with Gasteiger partial charge in [-0.15, -0.1) is 0 Å². The van der Waals surface area contributed by atoms with Crippen molar-refractivity contribution in [3.8, 4) is 17.3 Å². The first-order valence-electron chi connectivity index (χ1n) is 11.3. The number of hydrogen-bond acceptors (Lipinski definition) is 8. The van der Waals surface area contributed by atoms with Crippen molar-refractivity contribution in [3.05, 3.63) is 70.3 Å². The maximum Gasteiger partial charge on any atom is 0.341 e. The molecule has 8 nitrogen and oxygen atoms in total. The Morgan fingerprint density at radius 3 is 2.66 bits per heavy atom. The highest BCUT2D eigenvalue weighted by atomic mass is 35.5. The number of pyridine rings is 3. The van der Waals surface area contributed by atoms with Crippen LogP contribution in [0.3, 0.4) is 0 Å². The fourth-order valence-corrected chi connectivity index (χ4v) is 4.52. The number of esters is 1. The summed E-state index contributed by atoms with van der Waals surface area (Å²) in [7, 11) is 0. The molecule has 10 heteroatoms. The molecule has 0 spiro atoms. The van der Waals surface area contributed by atoms with Crippen LogP contribution in [0.1, 0.15) is 64.7 Å². The lowest BCUT2D eigenvalue weighted by atomic mass is 10.0. The maximum atomic E-state index is 14.5. The molecular formula is C25H19ClFN5O3. The van der Waals surface area contributed by atoms with Gasteiger partial charge >= 0.3 is 5.97 Å². The van der Waals surface area contributed by atoms with Gasteiger partial charge in [0.05, 0.1) is 29.0 Å². The fraction of sp³-hybridized carbons (Fsp3) is 0.280. The van der Waals surface area contributed by atoms with Crippen molar-refractivity contribution < 1.29 is 19.0 Å². The Morgan fingerprint density at radius 2 is 1.91 bits per heavy atom. The predicted octanol–water partition coefficient (Wildman–Crippen LogP) is 5.09. The van der Waals surface area contributed by atoms with Gasteiger partial charge in [0, 0.05) is 18.0 Å². The Labute approximate surface area is 204 Å². The van der Waals surface area contributed by atoms with E-state index in [0.29, 0.717) is 33.5 Å². The van der Waals surface area contributed by atoms with Crippen LogP contribution in [-0.4, -0.2) is 36.0 Å². The predicted molar refractivity (Wildman–Crippen MR) is 125 cm³/mol. The normalized spacial score (nSPS) is 15.4. The number of ether oxygens (including phenoxy) is 1. The minimum Gasteiger partial charge on any atom is -0.493 e. The number of aromatic hydroxyl groups is 1. The molecule has 4 aromatic rings. The third-order valence-electron chi connectivity index (χ3n) is 6.30. The molecule has 2 aliphatic rings. The number of nitrogens with zero attached hydrogens (tertiary/aromatic N) is 5. The number of hydrogen-bond donors (Lipinski definition) is 1. The van der Waals surface area contributed by atoms with Gasteiger partial charge in [-0.2, -0.15) is 4.98 Å². The third-order valence-corrected chi connectivity index (χ3v) is 6.51. The summed E-state index contributed by atoms with van der Waals surface area (Å²) >= 11 is 5.98. The van der Waals surface area contributed by atoms with Crippen LogP contribution in [0.5, 0.6) is 5.88 Å². The van der Waals surface area contributed by atoms with Crippen molar-refractivity contribution in [1.29, 1.82) is 0 Å². The average molecular weight is 492 g/mol. The van der Waals surface area contributed by atoms with Gasteiger partial charge < -0.3 is 9.84 Å². The Hall–Kier alpha value is -3.72. The van der Waals surface area contributed by atoms with Crippen LogP contribution in [-0.2, 0) is 11.3 Å². The van der Waals surface area contributed by atoms with Crippen molar-refractivity contribution in [2.24, 2.45) is 0 Å². The topological polar surface area (TPSA) is 111 Å². The average Bonchev–Trinajstić information content (AvgIpc) is 3.76. The summed E-state index contributed by atoms with van der Waals surface area (Å²) in [5, 5.41) is 11.6. The summed E-state index contributed by atoms with van der Waals surface area (Å²) in [4.78, 5) is 34.0. The molecule has 2 saturated carbocycles.